The summed E-state index contributed by atoms with van der Waals surface area (Å²) in [6, 6.07) is 16.2. The van der Waals surface area contributed by atoms with Crippen molar-refractivity contribution in [1.82, 2.24) is 15.0 Å². The Kier molecular flexibility index (Phi) is 4.15. The molecule has 0 aliphatic rings. The molecular formula is C20H14FN5O. The highest BCUT2D eigenvalue weighted by Gasteiger charge is 2.17. The van der Waals surface area contributed by atoms with E-state index in [0.29, 0.717) is 10.9 Å². The predicted octanol–water partition coefficient (Wildman–Crippen LogP) is 4.81. The van der Waals surface area contributed by atoms with Crippen LogP contribution < -0.4 is 10.1 Å². The van der Waals surface area contributed by atoms with Gasteiger partial charge in [-0.05, 0) is 37.3 Å². The van der Waals surface area contributed by atoms with Gasteiger partial charge in [0.25, 0.3) is 0 Å². The molecule has 0 aliphatic heterocycles. The second-order valence-corrected chi connectivity index (χ2v) is 5.90. The molecule has 0 aliphatic carbocycles. The minimum atomic E-state index is -0.517. The van der Waals surface area contributed by atoms with Crippen LogP contribution in [0.4, 0.5) is 15.9 Å². The number of nitrogens with zero attached hydrogens (tertiary/aromatic N) is 3. The fourth-order valence-electron chi connectivity index (χ4n) is 2.77. The van der Waals surface area contributed by atoms with Crippen molar-refractivity contribution in [2.45, 2.75) is 6.92 Å². The number of benzene rings is 2. The lowest BCUT2D eigenvalue weighted by Crippen LogP contribution is -2.01. The summed E-state index contributed by atoms with van der Waals surface area (Å²) in [5.74, 6) is -0.261. The highest BCUT2D eigenvalue weighted by Crippen LogP contribution is 2.32. The number of ether oxygens (including phenoxy) is 1. The van der Waals surface area contributed by atoms with Gasteiger partial charge in [0, 0.05) is 22.3 Å². The monoisotopic (exact) mass is 359 g/mol. The lowest BCUT2D eigenvalue weighted by atomic mass is 10.2. The number of fused-ring (bicyclic) bond motifs is 1. The lowest BCUT2D eigenvalue weighted by Gasteiger charge is -2.11. The summed E-state index contributed by atoms with van der Waals surface area (Å²) in [5, 5.41) is 13.0. The topological polar surface area (TPSA) is 86.6 Å². The highest BCUT2D eigenvalue weighted by molar-refractivity contribution is 5.83. The number of hydrogen-bond donors (Lipinski definition) is 2. The molecular weight excluding hydrogens is 345 g/mol. The van der Waals surface area contributed by atoms with Crippen LogP contribution in [0.2, 0.25) is 0 Å². The number of hydrogen-bond acceptors (Lipinski definition) is 5. The Morgan fingerprint density at radius 3 is 2.74 bits per heavy atom. The number of para-hydroxylation sites is 1. The number of nitrogens with one attached hydrogen (secondary N) is 2. The number of anilines is 2. The Balaban J connectivity index is 1.71. The summed E-state index contributed by atoms with van der Waals surface area (Å²) in [5.41, 5.74) is 2.36. The molecule has 2 N–H and O–H groups in total. The molecule has 0 atom stereocenters. The smallest absolute Gasteiger partial charge is 0.242 e. The van der Waals surface area contributed by atoms with Crippen molar-refractivity contribution in [3.8, 4) is 17.7 Å². The first-order chi connectivity index (χ1) is 13.2. The average Bonchev–Trinajstić information content (AvgIpc) is 3.06. The zero-order chi connectivity index (χ0) is 18.8. The van der Waals surface area contributed by atoms with Crippen molar-refractivity contribution in [2.75, 3.05) is 5.32 Å². The molecule has 27 heavy (non-hydrogen) atoms. The Labute approximate surface area is 154 Å². The largest absolute Gasteiger partial charge is 0.434 e. The number of aromatic amines is 1. The van der Waals surface area contributed by atoms with Crippen LogP contribution in [0, 0.1) is 24.1 Å². The maximum absolute atomic E-state index is 14.8. The summed E-state index contributed by atoms with van der Waals surface area (Å²) in [7, 11) is 0. The van der Waals surface area contributed by atoms with Crippen molar-refractivity contribution >= 4 is 22.4 Å². The Hall–Kier alpha value is -3.92. The predicted molar refractivity (Wildman–Crippen MR) is 99.5 cm³/mol. The Bertz CT molecular complexity index is 1160. The van der Waals surface area contributed by atoms with Crippen molar-refractivity contribution in [3.05, 3.63) is 71.9 Å². The molecule has 0 saturated heterocycles. The van der Waals surface area contributed by atoms with Crippen LogP contribution in [0.1, 0.15) is 11.3 Å². The normalized spacial score (nSPS) is 10.6. The number of nitriles is 1. The lowest BCUT2D eigenvalue weighted by molar-refractivity contribution is 0.428. The highest BCUT2D eigenvalue weighted by atomic mass is 19.1. The molecule has 0 saturated carbocycles. The van der Waals surface area contributed by atoms with Crippen molar-refractivity contribution < 1.29 is 9.13 Å². The molecule has 4 rings (SSSR count). The molecule has 6 nitrogen and oxygen atoms in total. The van der Waals surface area contributed by atoms with E-state index in [1.54, 1.807) is 12.1 Å². The molecule has 2 heterocycles. The van der Waals surface area contributed by atoms with Crippen LogP contribution >= 0.6 is 0 Å². The van der Waals surface area contributed by atoms with E-state index in [0.717, 1.165) is 11.4 Å². The van der Waals surface area contributed by atoms with Gasteiger partial charge >= 0.3 is 0 Å². The molecule has 4 aromatic rings. The second kappa shape index (κ2) is 6.77. The third-order valence-corrected chi connectivity index (χ3v) is 4.00. The molecule has 7 heteroatoms. The van der Waals surface area contributed by atoms with E-state index < -0.39 is 5.82 Å². The summed E-state index contributed by atoms with van der Waals surface area (Å²) in [6.07, 6.45) is 1.26. The first kappa shape index (κ1) is 16.5. The Morgan fingerprint density at radius 1 is 1.15 bits per heavy atom. The molecule has 0 fully saturated rings. The summed E-state index contributed by atoms with van der Waals surface area (Å²) >= 11 is 0. The zero-order valence-electron chi connectivity index (χ0n) is 14.3. The summed E-state index contributed by atoms with van der Waals surface area (Å²) in [4.78, 5) is 11.2. The SMILES string of the molecule is Cc1cc2c(F)c(Oc3ncnc(Nc4ccccc4)c3C#N)ccc2[nH]1. The number of aromatic nitrogens is 3. The zero-order valence-corrected chi connectivity index (χ0v) is 14.3. The molecule has 0 bridgehead atoms. The van der Waals surface area contributed by atoms with Gasteiger partial charge in [-0.2, -0.15) is 5.26 Å². The van der Waals surface area contributed by atoms with Crippen LogP contribution in [0.25, 0.3) is 10.9 Å². The fraction of sp³-hybridized carbons (Fsp3) is 0.0500. The third kappa shape index (κ3) is 3.16. The van der Waals surface area contributed by atoms with Crippen LogP contribution in [0.5, 0.6) is 11.6 Å². The van der Waals surface area contributed by atoms with Gasteiger partial charge in [-0.25, -0.2) is 14.4 Å². The summed E-state index contributed by atoms with van der Waals surface area (Å²) < 4.78 is 20.4. The quantitative estimate of drug-likeness (QED) is 0.546. The van der Waals surface area contributed by atoms with Gasteiger partial charge in [-0.3, -0.25) is 0 Å². The van der Waals surface area contributed by atoms with E-state index in [1.165, 1.54) is 12.4 Å². The molecule has 0 unspecified atom stereocenters. The number of H-pyrrole nitrogens is 1. The van der Waals surface area contributed by atoms with Crippen LogP contribution in [-0.4, -0.2) is 15.0 Å². The summed E-state index contributed by atoms with van der Waals surface area (Å²) in [6.45, 7) is 1.85. The maximum Gasteiger partial charge on any atom is 0.242 e. The minimum absolute atomic E-state index is 0.0117. The molecule has 132 valence electrons. The van der Waals surface area contributed by atoms with E-state index in [9.17, 15) is 9.65 Å². The van der Waals surface area contributed by atoms with E-state index in [4.69, 9.17) is 4.74 Å². The first-order valence-electron chi connectivity index (χ1n) is 8.18. The molecule has 0 amide bonds. The van der Waals surface area contributed by atoms with Gasteiger partial charge in [0.15, 0.2) is 22.9 Å². The van der Waals surface area contributed by atoms with Gasteiger partial charge in [-0.1, -0.05) is 18.2 Å². The van der Waals surface area contributed by atoms with E-state index in [2.05, 4.69) is 20.3 Å². The molecule has 2 aromatic heterocycles. The van der Waals surface area contributed by atoms with Gasteiger partial charge in [0.05, 0.1) is 0 Å². The molecule has 0 spiro atoms. The number of rotatable bonds is 4. The third-order valence-electron chi connectivity index (χ3n) is 4.00. The average molecular weight is 359 g/mol. The van der Waals surface area contributed by atoms with Crippen molar-refractivity contribution in [1.29, 1.82) is 5.26 Å². The minimum Gasteiger partial charge on any atom is -0.434 e. The van der Waals surface area contributed by atoms with E-state index in [1.807, 2.05) is 43.3 Å². The van der Waals surface area contributed by atoms with Crippen molar-refractivity contribution in [3.63, 3.8) is 0 Å². The second-order valence-electron chi connectivity index (χ2n) is 5.90. The number of aryl methyl sites for hydroxylation is 1. The molecule has 2 aromatic carbocycles. The number of halogens is 1. The standard InChI is InChI=1S/C20H14FN5O/c1-12-9-14-16(25-12)7-8-17(18(14)21)27-20-15(10-22)19(23-11-24-20)26-13-5-3-2-4-6-13/h2-9,11,25H,1H3,(H,23,24,26). The van der Waals surface area contributed by atoms with Gasteiger partial charge < -0.3 is 15.0 Å². The van der Waals surface area contributed by atoms with E-state index in [-0.39, 0.29) is 23.0 Å². The molecule has 0 radical (unpaired) electrons. The maximum atomic E-state index is 14.8. The van der Waals surface area contributed by atoms with Gasteiger partial charge in [0.1, 0.15) is 12.4 Å². The first-order valence-corrected chi connectivity index (χ1v) is 8.18. The van der Waals surface area contributed by atoms with Crippen LogP contribution in [-0.2, 0) is 0 Å². The van der Waals surface area contributed by atoms with Gasteiger partial charge in [-0.15, -0.1) is 0 Å². The van der Waals surface area contributed by atoms with Crippen LogP contribution in [0.3, 0.4) is 0 Å². The van der Waals surface area contributed by atoms with Crippen LogP contribution in [0.15, 0.2) is 54.9 Å². The Morgan fingerprint density at radius 2 is 1.96 bits per heavy atom. The van der Waals surface area contributed by atoms with Gasteiger partial charge in [0.2, 0.25) is 5.88 Å². The fourth-order valence-corrected chi connectivity index (χ4v) is 2.77. The van der Waals surface area contributed by atoms with Crippen molar-refractivity contribution in [2.24, 2.45) is 0 Å². The van der Waals surface area contributed by atoms with E-state index >= 15 is 0 Å².